The van der Waals surface area contributed by atoms with Gasteiger partial charge in [0.25, 0.3) is 0 Å². The molecule has 0 aromatic heterocycles. The summed E-state index contributed by atoms with van der Waals surface area (Å²) in [6.07, 6.45) is 6.83. The Kier molecular flexibility index (Phi) is 5.50. The second kappa shape index (κ2) is 6.66. The molecule has 0 unspecified atom stereocenters. The molecule has 16 heavy (non-hydrogen) atoms. The number of hydrogen-bond donors (Lipinski definition) is 1. The summed E-state index contributed by atoms with van der Waals surface area (Å²) in [5.74, 6) is 0.757. The van der Waals surface area contributed by atoms with Crippen molar-refractivity contribution in [2.24, 2.45) is 5.92 Å². The fourth-order valence-electron chi connectivity index (χ4n) is 2.55. The smallest absolute Gasteiger partial charge is 0.217 e. The summed E-state index contributed by atoms with van der Waals surface area (Å²) in [4.78, 5) is 22.6. The van der Waals surface area contributed by atoms with E-state index in [-0.39, 0.29) is 11.8 Å². The maximum atomic E-state index is 11.6. The van der Waals surface area contributed by atoms with Crippen LogP contribution in [0.5, 0.6) is 0 Å². The lowest BCUT2D eigenvalue weighted by Crippen LogP contribution is -2.34. The van der Waals surface area contributed by atoms with E-state index in [0.29, 0.717) is 18.2 Å². The maximum Gasteiger partial charge on any atom is 0.217 e. The molecule has 0 spiro atoms. The highest BCUT2D eigenvalue weighted by atomic mass is 16.1. The molecule has 1 aliphatic rings. The van der Waals surface area contributed by atoms with E-state index in [2.05, 4.69) is 5.32 Å². The minimum atomic E-state index is 0.0618. The lowest BCUT2D eigenvalue weighted by molar-refractivity contribution is -0.123. The Morgan fingerprint density at radius 2 is 1.69 bits per heavy atom. The third kappa shape index (κ3) is 4.33. The van der Waals surface area contributed by atoms with Crippen molar-refractivity contribution >= 4 is 11.7 Å². The van der Waals surface area contributed by atoms with Gasteiger partial charge in [0.05, 0.1) is 0 Å². The van der Waals surface area contributed by atoms with Crippen LogP contribution in [-0.2, 0) is 9.59 Å². The number of carbonyl (C=O) groups excluding carboxylic acids is 2. The first-order valence-corrected chi connectivity index (χ1v) is 6.43. The lowest BCUT2D eigenvalue weighted by Gasteiger charge is -2.24. The molecule has 1 saturated carbocycles. The number of hydrogen-bond acceptors (Lipinski definition) is 2. The summed E-state index contributed by atoms with van der Waals surface area (Å²) in [6, 6.07) is 0.329. The molecule has 0 heterocycles. The van der Waals surface area contributed by atoms with Gasteiger partial charge in [0.1, 0.15) is 5.78 Å². The Morgan fingerprint density at radius 3 is 2.12 bits per heavy atom. The highest BCUT2D eigenvalue weighted by molar-refractivity contribution is 5.80. The van der Waals surface area contributed by atoms with E-state index in [1.165, 1.54) is 0 Å². The van der Waals surface area contributed by atoms with Crippen LogP contribution < -0.4 is 5.32 Å². The first kappa shape index (κ1) is 13.2. The van der Waals surface area contributed by atoms with Gasteiger partial charge in [-0.05, 0) is 25.7 Å². The predicted octanol–water partition coefficient (Wildman–Crippen LogP) is 2.44. The van der Waals surface area contributed by atoms with Gasteiger partial charge in [-0.15, -0.1) is 0 Å². The number of carbonyl (C=O) groups is 2. The van der Waals surface area contributed by atoms with E-state index in [1.54, 1.807) is 6.92 Å². The first-order valence-electron chi connectivity index (χ1n) is 6.43. The Balaban J connectivity index is 2.37. The minimum Gasteiger partial charge on any atom is -0.354 e. The van der Waals surface area contributed by atoms with Crippen molar-refractivity contribution in [3.63, 3.8) is 0 Å². The summed E-state index contributed by atoms with van der Waals surface area (Å²) < 4.78 is 0. The molecule has 0 atom stereocenters. The van der Waals surface area contributed by atoms with Crippen LogP contribution in [0.25, 0.3) is 0 Å². The van der Waals surface area contributed by atoms with Crippen molar-refractivity contribution in [3.8, 4) is 0 Å². The van der Waals surface area contributed by atoms with Crippen LogP contribution in [0.1, 0.15) is 58.8 Å². The monoisotopic (exact) mass is 225 g/mol. The molecule has 1 rings (SSSR count). The number of amides is 1. The van der Waals surface area contributed by atoms with Gasteiger partial charge in [-0.1, -0.05) is 19.8 Å². The molecule has 1 aliphatic carbocycles. The van der Waals surface area contributed by atoms with Crippen LogP contribution in [0.2, 0.25) is 0 Å². The quantitative estimate of drug-likeness (QED) is 0.802. The van der Waals surface area contributed by atoms with Crippen molar-refractivity contribution in [1.29, 1.82) is 0 Å². The third-order valence-corrected chi connectivity index (χ3v) is 3.42. The fourth-order valence-corrected chi connectivity index (χ4v) is 2.55. The summed E-state index contributed by atoms with van der Waals surface area (Å²) in [5, 5.41) is 2.98. The van der Waals surface area contributed by atoms with Crippen LogP contribution in [0.4, 0.5) is 0 Å². The molecule has 0 radical (unpaired) electrons. The minimum absolute atomic E-state index is 0.0618. The summed E-state index contributed by atoms with van der Waals surface area (Å²) in [6.45, 7) is 3.52. The summed E-state index contributed by atoms with van der Waals surface area (Å²) in [7, 11) is 0. The SMILES string of the molecule is CCC(=O)C1CCCC(NC(C)=O)CCC1. The van der Waals surface area contributed by atoms with Crippen molar-refractivity contribution in [2.45, 2.75) is 64.8 Å². The lowest BCUT2D eigenvalue weighted by atomic mass is 9.86. The zero-order valence-electron chi connectivity index (χ0n) is 10.4. The number of rotatable bonds is 3. The molecule has 1 fully saturated rings. The molecule has 1 amide bonds. The molecular weight excluding hydrogens is 202 g/mol. The molecule has 0 aliphatic heterocycles. The molecule has 3 heteroatoms. The molecule has 0 aromatic rings. The van der Waals surface area contributed by atoms with Crippen LogP contribution in [0.15, 0.2) is 0 Å². The highest BCUT2D eigenvalue weighted by Crippen LogP contribution is 2.24. The Morgan fingerprint density at radius 1 is 1.12 bits per heavy atom. The van der Waals surface area contributed by atoms with Crippen LogP contribution in [0, 0.1) is 5.92 Å². The number of ketones is 1. The van der Waals surface area contributed by atoms with Crippen molar-refractivity contribution in [2.75, 3.05) is 0 Å². The maximum absolute atomic E-state index is 11.6. The predicted molar refractivity (Wildman–Crippen MR) is 64.1 cm³/mol. The normalized spacial score (nSPS) is 26.6. The van der Waals surface area contributed by atoms with Gasteiger partial charge >= 0.3 is 0 Å². The van der Waals surface area contributed by atoms with Crippen LogP contribution in [0.3, 0.4) is 0 Å². The molecule has 0 saturated heterocycles. The second-order valence-corrected chi connectivity index (χ2v) is 4.78. The Hall–Kier alpha value is -0.860. The molecule has 0 aromatic carbocycles. The van der Waals surface area contributed by atoms with E-state index < -0.39 is 0 Å². The molecule has 0 bridgehead atoms. The van der Waals surface area contributed by atoms with Gasteiger partial charge in [-0.2, -0.15) is 0 Å². The average Bonchev–Trinajstić information content (AvgIpc) is 2.20. The van der Waals surface area contributed by atoms with E-state index in [9.17, 15) is 9.59 Å². The largest absolute Gasteiger partial charge is 0.354 e. The Bertz CT molecular complexity index is 240. The highest BCUT2D eigenvalue weighted by Gasteiger charge is 2.21. The van der Waals surface area contributed by atoms with Gasteiger partial charge in [-0.25, -0.2) is 0 Å². The van der Waals surface area contributed by atoms with Crippen molar-refractivity contribution < 1.29 is 9.59 Å². The second-order valence-electron chi connectivity index (χ2n) is 4.78. The molecular formula is C13H23NO2. The topological polar surface area (TPSA) is 46.2 Å². The Labute approximate surface area is 98.0 Å². The van der Waals surface area contributed by atoms with Crippen LogP contribution in [-0.4, -0.2) is 17.7 Å². The van der Waals surface area contributed by atoms with E-state index in [1.807, 2.05) is 6.92 Å². The fraction of sp³-hybridized carbons (Fsp3) is 0.846. The average molecular weight is 225 g/mol. The molecule has 3 nitrogen and oxygen atoms in total. The zero-order chi connectivity index (χ0) is 12.0. The van der Waals surface area contributed by atoms with E-state index in [0.717, 1.165) is 38.5 Å². The van der Waals surface area contributed by atoms with E-state index >= 15 is 0 Å². The van der Waals surface area contributed by atoms with Crippen molar-refractivity contribution in [3.05, 3.63) is 0 Å². The molecule has 1 N–H and O–H groups in total. The van der Waals surface area contributed by atoms with Gasteiger partial charge in [0.15, 0.2) is 0 Å². The van der Waals surface area contributed by atoms with Gasteiger partial charge in [0, 0.05) is 25.3 Å². The van der Waals surface area contributed by atoms with Crippen LogP contribution >= 0.6 is 0 Å². The standard InChI is InChI=1S/C13H23NO2/c1-3-13(16)11-6-4-8-12(9-5-7-11)14-10(2)15/h11-12H,3-9H2,1-2H3,(H,14,15). The first-order chi connectivity index (χ1) is 7.63. The summed E-state index contributed by atoms with van der Waals surface area (Å²) >= 11 is 0. The number of nitrogens with one attached hydrogen (secondary N) is 1. The van der Waals surface area contributed by atoms with Crippen molar-refractivity contribution in [1.82, 2.24) is 5.32 Å². The van der Waals surface area contributed by atoms with Gasteiger partial charge in [-0.3, -0.25) is 9.59 Å². The molecule has 92 valence electrons. The van der Waals surface area contributed by atoms with E-state index in [4.69, 9.17) is 0 Å². The zero-order valence-corrected chi connectivity index (χ0v) is 10.4. The van der Waals surface area contributed by atoms with Gasteiger partial charge in [0.2, 0.25) is 5.91 Å². The third-order valence-electron chi connectivity index (χ3n) is 3.42. The summed E-state index contributed by atoms with van der Waals surface area (Å²) in [5.41, 5.74) is 0. The number of Topliss-reactive ketones (excluding diaryl/α,β-unsaturated/α-hetero) is 1. The van der Waals surface area contributed by atoms with Gasteiger partial charge < -0.3 is 5.32 Å².